The van der Waals surface area contributed by atoms with Crippen molar-refractivity contribution in [3.63, 3.8) is 0 Å². The minimum Gasteiger partial charge on any atom is -0.339 e. The second kappa shape index (κ2) is 8.92. The van der Waals surface area contributed by atoms with E-state index in [1.54, 1.807) is 12.3 Å². The first-order valence-corrected chi connectivity index (χ1v) is 7.75. The molecule has 0 aliphatic carbocycles. The number of rotatable bonds is 2. The zero-order valence-electron chi connectivity index (χ0n) is 12.3. The number of hydrogen-bond acceptors (Lipinski definition) is 3. The lowest BCUT2D eigenvalue weighted by Gasteiger charge is -2.35. The number of aromatic nitrogens is 1. The average molecular weight is 367 g/mol. The van der Waals surface area contributed by atoms with Crippen molar-refractivity contribution in [1.82, 2.24) is 15.2 Å². The Balaban J connectivity index is 0.00000121. The predicted octanol–water partition coefficient (Wildman–Crippen LogP) is 3.18. The maximum atomic E-state index is 12.4. The molecule has 2 saturated heterocycles. The molecular formula is C15H22Cl3N3O. The van der Waals surface area contributed by atoms with Crippen LogP contribution in [0.3, 0.4) is 0 Å². The van der Waals surface area contributed by atoms with E-state index in [9.17, 15) is 4.79 Å². The van der Waals surface area contributed by atoms with Crippen LogP contribution < -0.4 is 5.32 Å². The van der Waals surface area contributed by atoms with Crippen LogP contribution in [0.5, 0.6) is 0 Å². The van der Waals surface area contributed by atoms with E-state index in [1.165, 1.54) is 19.0 Å². The first kappa shape index (κ1) is 19.5. The number of halogens is 3. The Morgan fingerprint density at radius 2 is 2.00 bits per heavy atom. The minimum absolute atomic E-state index is 0. The number of amides is 1. The summed E-state index contributed by atoms with van der Waals surface area (Å²) in [5.74, 6) is 0.754. The quantitative estimate of drug-likeness (QED) is 0.874. The molecule has 1 amide bonds. The van der Waals surface area contributed by atoms with Crippen molar-refractivity contribution in [3.05, 3.63) is 29.0 Å². The molecule has 4 nitrogen and oxygen atoms in total. The fourth-order valence-corrected chi connectivity index (χ4v) is 3.54. The van der Waals surface area contributed by atoms with Gasteiger partial charge in [0.2, 0.25) is 0 Å². The van der Waals surface area contributed by atoms with Crippen molar-refractivity contribution in [3.8, 4) is 0 Å². The number of likely N-dealkylation sites (tertiary alicyclic amines) is 1. The Hall–Kier alpha value is -0.550. The van der Waals surface area contributed by atoms with Crippen molar-refractivity contribution in [2.45, 2.75) is 31.7 Å². The monoisotopic (exact) mass is 365 g/mol. The fraction of sp³-hybridized carbons (Fsp3) is 0.600. The molecule has 0 saturated carbocycles. The molecule has 0 bridgehead atoms. The number of pyridine rings is 1. The molecule has 2 aliphatic heterocycles. The Labute approximate surface area is 148 Å². The van der Waals surface area contributed by atoms with Gasteiger partial charge in [-0.2, -0.15) is 0 Å². The summed E-state index contributed by atoms with van der Waals surface area (Å²) in [7, 11) is 0. The molecular weight excluding hydrogens is 345 g/mol. The van der Waals surface area contributed by atoms with Gasteiger partial charge in [0.05, 0.1) is 10.6 Å². The third-order valence-electron chi connectivity index (χ3n) is 4.50. The summed E-state index contributed by atoms with van der Waals surface area (Å²) in [5, 5.41) is 4.02. The van der Waals surface area contributed by atoms with Gasteiger partial charge in [-0.25, -0.2) is 0 Å². The Morgan fingerprint density at radius 1 is 1.27 bits per heavy atom. The number of hydrogen-bond donors (Lipinski definition) is 1. The van der Waals surface area contributed by atoms with E-state index >= 15 is 0 Å². The molecule has 22 heavy (non-hydrogen) atoms. The number of nitrogens with zero attached hydrogens (tertiary/aromatic N) is 2. The van der Waals surface area contributed by atoms with E-state index in [4.69, 9.17) is 11.6 Å². The van der Waals surface area contributed by atoms with Crippen molar-refractivity contribution in [2.75, 3.05) is 19.6 Å². The number of nitrogens with one attached hydrogen (secondary N) is 1. The van der Waals surface area contributed by atoms with Crippen LogP contribution in [0.2, 0.25) is 5.02 Å². The summed E-state index contributed by atoms with van der Waals surface area (Å²) in [4.78, 5) is 18.3. The van der Waals surface area contributed by atoms with Crippen molar-refractivity contribution < 1.29 is 4.79 Å². The molecule has 1 atom stereocenters. The summed E-state index contributed by atoms with van der Waals surface area (Å²) >= 11 is 6.05. The number of carbonyl (C=O) groups excluding carboxylic acids is 1. The highest BCUT2D eigenvalue weighted by molar-refractivity contribution is 6.33. The van der Waals surface area contributed by atoms with Gasteiger partial charge in [-0.3, -0.25) is 9.78 Å². The van der Waals surface area contributed by atoms with Crippen LogP contribution in [-0.4, -0.2) is 41.5 Å². The SMILES string of the molecule is Cl.Cl.O=C(c1ccncc1Cl)N1CCC(C2CCCN2)CC1. The van der Waals surface area contributed by atoms with Gasteiger partial charge < -0.3 is 10.2 Å². The summed E-state index contributed by atoms with van der Waals surface area (Å²) < 4.78 is 0. The zero-order chi connectivity index (χ0) is 13.9. The second-order valence-corrected chi connectivity index (χ2v) is 6.10. The standard InChI is InChI=1S/C15H20ClN3O.2ClH/c16-13-10-17-7-3-12(13)15(20)19-8-4-11(5-9-19)14-2-1-6-18-14;;/h3,7,10-11,14,18H,1-2,4-6,8-9H2;2*1H. The van der Waals surface area contributed by atoms with Crippen LogP contribution in [0.25, 0.3) is 0 Å². The highest BCUT2D eigenvalue weighted by atomic mass is 35.5. The molecule has 0 aromatic carbocycles. The summed E-state index contributed by atoms with van der Waals surface area (Å²) in [6, 6.07) is 2.37. The Morgan fingerprint density at radius 3 is 2.59 bits per heavy atom. The molecule has 1 unspecified atom stereocenters. The third kappa shape index (κ3) is 4.25. The summed E-state index contributed by atoms with van der Waals surface area (Å²) in [5.41, 5.74) is 0.569. The Bertz CT molecular complexity index is 487. The first-order valence-electron chi connectivity index (χ1n) is 7.38. The van der Waals surface area contributed by atoms with Crippen LogP contribution >= 0.6 is 36.4 Å². The van der Waals surface area contributed by atoms with Crippen molar-refractivity contribution in [1.29, 1.82) is 0 Å². The molecule has 3 heterocycles. The van der Waals surface area contributed by atoms with Gasteiger partial charge in [0.15, 0.2) is 0 Å². The van der Waals surface area contributed by atoms with Crippen LogP contribution in [-0.2, 0) is 0 Å². The number of piperidine rings is 1. The smallest absolute Gasteiger partial charge is 0.255 e. The second-order valence-electron chi connectivity index (χ2n) is 5.69. The molecule has 1 aromatic heterocycles. The fourth-order valence-electron chi connectivity index (χ4n) is 3.34. The molecule has 124 valence electrons. The third-order valence-corrected chi connectivity index (χ3v) is 4.80. The van der Waals surface area contributed by atoms with E-state index < -0.39 is 0 Å². The zero-order valence-corrected chi connectivity index (χ0v) is 14.7. The molecule has 2 aliphatic rings. The normalized spacial score (nSPS) is 21.9. The van der Waals surface area contributed by atoms with E-state index in [-0.39, 0.29) is 30.7 Å². The molecule has 1 aromatic rings. The maximum absolute atomic E-state index is 12.4. The first-order chi connectivity index (χ1) is 9.75. The molecule has 0 spiro atoms. The lowest BCUT2D eigenvalue weighted by molar-refractivity contribution is 0.0674. The van der Waals surface area contributed by atoms with Gasteiger partial charge in [-0.05, 0) is 44.2 Å². The largest absolute Gasteiger partial charge is 0.339 e. The minimum atomic E-state index is 0. The van der Waals surface area contributed by atoms with E-state index in [0.29, 0.717) is 16.6 Å². The molecule has 1 N–H and O–H groups in total. The highest BCUT2D eigenvalue weighted by Crippen LogP contribution is 2.27. The van der Waals surface area contributed by atoms with Crippen molar-refractivity contribution in [2.24, 2.45) is 5.92 Å². The maximum Gasteiger partial charge on any atom is 0.255 e. The van der Waals surface area contributed by atoms with Gasteiger partial charge in [0, 0.05) is 31.5 Å². The van der Waals surface area contributed by atoms with E-state index in [2.05, 4.69) is 10.3 Å². The highest BCUT2D eigenvalue weighted by Gasteiger charge is 2.30. The van der Waals surface area contributed by atoms with Crippen LogP contribution in [0.15, 0.2) is 18.5 Å². The van der Waals surface area contributed by atoms with E-state index in [1.807, 2.05) is 4.90 Å². The van der Waals surface area contributed by atoms with Crippen LogP contribution in [0, 0.1) is 5.92 Å². The number of carbonyl (C=O) groups is 1. The molecule has 7 heteroatoms. The van der Waals surface area contributed by atoms with Crippen LogP contribution in [0.4, 0.5) is 0 Å². The average Bonchev–Trinajstić information content (AvgIpc) is 3.01. The molecule has 2 fully saturated rings. The van der Waals surface area contributed by atoms with Gasteiger partial charge in [0.1, 0.15) is 0 Å². The molecule has 0 radical (unpaired) electrons. The van der Waals surface area contributed by atoms with Crippen LogP contribution in [0.1, 0.15) is 36.0 Å². The molecule has 3 rings (SSSR count). The van der Waals surface area contributed by atoms with Gasteiger partial charge in [0.25, 0.3) is 5.91 Å². The predicted molar refractivity (Wildman–Crippen MR) is 93.4 cm³/mol. The van der Waals surface area contributed by atoms with Gasteiger partial charge >= 0.3 is 0 Å². The van der Waals surface area contributed by atoms with Gasteiger partial charge in [-0.15, -0.1) is 24.8 Å². The summed E-state index contributed by atoms with van der Waals surface area (Å²) in [6.45, 7) is 2.82. The van der Waals surface area contributed by atoms with Gasteiger partial charge in [-0.1, -0.05) is 11.6 Å². The lowest BCUT2D eigenvalue weighted by Crippen LogP contribution is -2.43. The Kier molecular flexibility index (Phi) is 7.90. The summed E-state index contributed by atoms with van der Waals surface area (Å²) in [6.07, 6.45) is 7.90. The van der Waals surface area contributed by atoms with Crippen molar-refractivity contribution >= 4 is 42.3 Å². The van der Waals surface area contributed by atoms with E-state index in [0.717, 1.165) is 38.4 Å². The topological polar surface area (TPSA) is 45.2 Å². The lowest BCUT2D eigenvalue weighted by atomic mass is 9.88.